The van der Waals surface area contributed by atoms with Gasteiger partial charge in [0.1, 0.15) is 0 Å². The zero-order chi connectivity index (χ0) is 16.8. The molecule has 1 aromatic carbocycles. The normalized spacial score (nSPS) is 13.9. The molecule has 24 heavy (non-hydrogen) atoms. The molecule has 128 valence electrons. The number of nitrogens with zero attached hydrogens (tertiary/aromatic N) is 3. The molecule has 1 fully saturated rings. The van der Waals surface area contributed by atoms with Crippen LogP contribution in [0.2, 0.25) is 0 Å². The van der Waals surface area contributed by atoms with Crippen LogP contribution in [0.25, 0.3) is 0 Å². The van der Waals surface area contributed by atoms with Gasteiger partial charge in [-0.1, -0.05) is 19.1 Å². The number of nitrogens with one attached hydrogen (secondary N) is 2. The largest absolute Gasteiger partial charge is 0.337 e. The number of rotatable bonds is 8. The Morgan fingerprint density at radius 2 is 2.25 bits per heavy atom. The number of benzene rings is 1. The van der Waals surface area contributed by atoms with Gasteiger partial charge < -0.3 is 10.6 Å². The lowest BCUT2D eigenvalue weighted by atomic mass is 10.2. The first kappa shape index (κ1) is 16.5. The van der Waals surface area contributed by atoms with Gasteiger partial charge in [0, 0.05) is 37.2 Å². The summed E-state index contributed by atoms with van der Waals surface area (Å²) in [4.78, 5) is 14.5. The molecule has 6 nitrogen and oxygen atoms in total. The van der Waals surface area contributed by atoms with Crippen molar-refractivity contribution in [3.8, 4) is 0 Å². The zero-order valence-corrected chi connectivity index (χ0v) is 14.1. The Balaban J connectivity index is 1.45. The van der Waals surface area contributed by atoms with Crippen molar-refractivity contribution in [3.05, 3.63) is 48.3 Å². The number of urea groups is 1. The summed E-state index contributed by atoms with van der Waals surface area (Å²) in [6, 6.07) is 10.3. The molecular formula is C18H25N5O. The molecule has 0 bridgehead atoms. The third-order valence-electron chi connectivity index (χ3n) is 4.24. The van der Waals surface area contributed by atoms with E-state index in [0.29, 0.717) is 13.1 Å². The van der Waals surface area contributed by atoms with E-state index in [2.05, 4.69) is 27.6 Å². The fourth-order valence-electron chi connectivity index (χ4n) is 2.86. The highest BCUT2D eigenvalue weighted by atomic mass is 16.2. The first-order valence-corrected chi connectivity index (χ1v) is 8.60. The predicted molar refractivity (Wildman–Crippen MR) is 95.1 cm³/mol. The summed E-state index contributed by atoms with van der Waals surface area (Å²) in [5, 5.41) is 10.0. The average molecular weight is 327 g/mol. The number of carbonyl (C=O) groups excluding carboxylic acids is 1. The van der Waals surface area contributed by atoms with Crippen molar-refractivity contribution in [1.82, 2.24) is 20.0 Å². The van der Waals surface area contributed by atoms with Crippen LogP contribution in [-0.2, 0) is 6.54 Å². The van der Waals surface area contributed by atoms with E-state index in [9.17, 15) is 4.79 Å². The lowest BCUT2D eigenvalue weighted by Gasteiger charge is -2.19. The van der Waals surface area contributed by atoms with Crippen LogP contribution in [-0.4, -0.2) is 46.4 Å². The summed E-state index contributed by atoms with van der Waals surface area (Å²) in [7, 11) is 0. The Morgan fingerprint density at radius 3 is 2.96 bits per heavy atom. The number of amides is 2. The number of carbonyl (C=O) groups is 1. The molecule has 2 aromatic rings. The van der Waals surface area contributed by atoms with Crippen molar-refractivity contribution in [2.24, 2.45) is 0 Å². The molecule has 1 aromatic heterocycles. The van der Waals surface area contributed by atoms with E-state index in [1.54, 1.807) is 6.20 Å². The second kappa shape index (κ2) is 7.97. The number of likely N-dealkylation sites (N-methyl/N-ethyl adjacent to an activating group) is 1. The molecule has 0 atom stereocenters. The summed E-state index contributed by atoms with van der Waals surface area (Å²) in [5.41, 5.74) is 1.90. The van der Waals surface area contributed by atoms with E-state index < -0.39 is 0 Å². The Hall–Kier alpha value is -2.34. The zero-order valence-electron chi connectivity index (χ0n) is 14.1. The van der Waals surface area contributed by atoms with Crippen LogP contribution >= 0.6 is 0 Å². The Labute approximate surface area is 142 Å². The minimum absolute atomic E-state index is 0.155. The SMILES string of the molecule is CCN(CCNC(=O)Nc1cccc(Cn2cccn2)c1)C1CC1. The third kappa shape index (κ3) is 4.83. The number of anilines is 1. The van der Waals surface area contributed by atoms with Gasteiger partial charge in [-0.15, -0.1) is 0 Å². The third-order valence-corrected chi connectivity index (χ3v) is 4.24. The number of hydrogen-bond acceptors (Lipinski definition) is 3. The summed E-state index contributed by atoms with van der Waals surface area (Å²) in [6.45, 7) is 5.49. The monoisotopic (exact) mass is 327 g/mol. The minimum atomic E-state index is -0.155. The van der Waals surface area contributed by atoms with E-state index in [1.807, 2.05) is 41.2 Å². The molecule has 3 rings (SSSR count). The van der Waals surface area contributed by atoms with E-state index in [0.717, 1.165) is 30.4 Å². The van der Waals surface area contributed by atoms with Crippen LogP contribution < -0.4 is 10.6 Å². The van der Waals surface area contributed by atoms with Crippen molar-refractivity contribution in [2.75, 3.05) is 25.0 Å². The lowest BCUT2D eigenvalue weighted by Crippen LogP contribution is -2.37. The highest BCUT2D eigenvalue weighted by molar-refractivity contribution is 5.89. The maximum Gasteiger partial charge on any atom is 0.319 e. The molecule has 0 spiro atoms. The van der Waals surface area contributed by atoms with Gasteiger partial charge in [-0.25, -0.2) is 4.79 Å². The number of hydrogen-bond donors (Lipinski definition) is 2. The number of aromatic nitrogens is 2. The summed E-state index contributed by atoms with van der Waals surface area (Å²) in [5.74, 6) is 0. The van der Waals surface area contributed by atoms with Crippen LogP contribution in [0.5, 0.6) is 0 Å². The molecule has 1 heterocycles. The minimum Gasteiger partial charge on any atom is -0.337 e. The van der Waals surface area contributed by atoms with Gasteiger partial charge in [0.05, 0.1) is 6.54 Å². The highest BCUT2D eigenvalue weighted by Crippen LogP contribution is 2.25. The van der Waals surface area contributed by atoms with Crippen molar-refractivity contribution >= 4 is 11.7 Å². The second-order valence-electron chi connectivity index (χ2n) is 6.14. The van der Waals surface area contributed by atoms with Crippen LogP contribution in [0.3, 0.4) is 0 Å². The van der Waals surface area contributed by atoms with Crippen molar-refractivity contribution in [1.29, 1.82) is 0 Å². The van der Waals surface area contributed by atoms with Crippen LogP contribution in [0.1, 0.15) is 25.3 Å². The molecule has 1 aliphatic rings. The fourth-order valence-corrected chi connectivity index (χ4v) is 2.86. The summed E-state index contributed by atoms with van der Waals surface area (Å²) >= 11 is 0. The average Bonchev–Trinajstić information content (AvgIpc) is 3.29. The maximum atomic E-state index is 12.0. The standard InChI is InChI=1S/C18H25N5O/c1-2-22(17-7-8-17)12-10-19-18(24)21-16-6-3-5-15(13-16)14-23-11-4-9-20-23/h3-6,9,11,13,17H,2,7-8,10,12,14H2,1H3,(H2,19,21,24). The fraction of sp³-hybridized carbons (Fsp3) is 0.444. The molecule has 6 heteroatoms. The van der Waals surface area contributed by atoms with Gasteiger partial charge in [-0.05, 0) is 43.1 Å². The topological polar surface area (TPSA) is 62.2 Å². The molecule has 0 radical (unpaired) electrons. The van der Waals surface area contributed by atoms with Gasteiger partial charge in [-0.2, -0.15) is 5.10 Å². The van der Waals surface area contributed by atoms with Crippen molar-refractivity contribution in [2.45, 2.75) is 32.4 Å². The molecule has 0 unspecified atom stereocenters. The van der Waals surface area contributed by atoms with E-state index in [1.165, 1.54) is 12.8 Å². The first-order chi connectivity index (χ1) is 11.7. The van der Waals surface area contributed by atoms with Crippen LogP contribution in [0.4, 0.5) is 10.5 Å². The Bertz CT molecular complexity index is 651. The molecule has 2 N–H and O–H groups in total. The molecule has 0 aliphatic heterocycles. The predicted octanol–water partition coefficient (Wildman–Crippen LogP) is 2.54. The smallest absolute Gasteiger partial charge is 0.319 e. The molecule has 1 aliphatic carbocycles. The van der Waals surface area contributed by atoms with Gasteiger partial charge in [0.15, 0.2) is 0 Å². The van der Waals surface area contributed by atoms with Gasteiger partial charge >= 0.3 is 6.03 Å². The molecule has 0 saturated heterocycles. The van der Waals surface area contributed by atoms with E-state index >= 15 is 0 Å². The Kier molecular flexibility index (Phi) is 5.48. The summed E-state index contributed by atoms with van der Waals surface area (Å²) in [6.07, 6.45) is 6.27. The van der Waals surface area contributed by atoms with Crippen LogP contribution in [0, 0.1) is 0 Å². The quantitative estimate of drug-likeness (QED) is 0.783. The van der Waals surface area contributed by atoms with Gasteiger partial charge in [0.2, 0.25) is 0 Å². The van der Waals surface area contributed by atoms with Crippen molar-refractivity contribution in [3.63, 3.8) is 0 Å². The van der Waals surface area contributed by atoms with Gasteiger partial charge in [-0.3, -0.25) is 9.58 Å². The Morgan fingerprint density at radius 1 is 1.38 bits per heavy atom. The molecule has 1 saturated carbocycles. The maximum absolute atomic E-state index is 12.0. The van der Waals surface area contributed by atoms with Gasteiger partial charge in [0.25, 0.3) is 0 Å². The van der Waals surface area contributed by atoms with Crippen LogP contribution in [0.15, 0.2) is 42.7 Å². The first-order valence-electron chi connectivity index (χ1n) is 8.60. The second-order valence-corrected chi connectivity index (χ2v) is 6.14. The lowest BCUT2D eigenvalue weighted by molar-refractivity contribution is 0.245. The molecule has 2 amide bonds. The highest BCUT2D eigenvalue weighted by Gasteiger charge is 2.27. The van der Waals surface area contributed by atoms with E-state index in [4.69, 9.17) is 0 Å². The van der Waals surface area contributed by atoms with Crippen molar-refractivity contribution < 1.29 is 4.79 Å². The summed E-state index contributed by atoms with van der Waals surface area (Å²) < 4.78 is 1.86. The molecular weight excluding hydrogens is 302 g/mol. The van der Waals surface area contributed by atoms with E-state index in [-0.39, 0.29) is 6.03 Å².